The molecule has 20 heavy (non-hydrogen) atoms. The molecule has 3 rings (SSSR count). The van der Waals surface area contributed by atoms with Crippen LogP contribution in [0, 0.1) is 0 Å². The molecule has 0 N–H and O–H groups in total. The minimum atomic E-state index is -0.256. The van der Waals surface area contributed by atoms with Crippen molar-refractivity contribution >= 4 is 34.6 Å². The van der Waals surface area contributed by atoms with Gasteiger partial charge in [-0.15, -0.1) is 0 Å². The van der Waals surface area contributed by atoms with Crippen LogP contribution < -0.4 is 0 Å². The number of hydrogen-bond donors (Lipinski definition) is 0. The summed E-state index contributed by atoms with van der Waals surface area (Å²) in [6, 6.07) is 6.10. The summed E-state index contributed by atoms with van der Waals surface area (Å²) in [6.45, 7) is 8.38. The molecule has 0 spiro atoms. The topological polar surface area (TPSA) is 18.5 Å². The maximum absolute atomic E-state index is 6.34. The van der Waals surface area contributed by atoms with Crippen molar-refractivity contribution in [1.82, 2.24) is 0 Å². The van der Waals surface area contributed by atoms with E-state index in [0.29, 0.717) is 11.7 Å². The van der Waals surface area contributed by atoms with E-state index < -0.39 is 0 Å². The van der Waals surface area contributed by atoms with Gasteiger partial charge in [-0.3, -0.25) is 0 Å². The first kappa shape index (κ1) is 14.9. The number of hydrogen-bond acceptors (Lipinski definition) is 2. The second-order valence-electron chi connectivity index (χ2n) is 6.80. The Morgan fingerprint density at radius 2 is 1.80 bits per heavy atom. The highest BCUT2D eigenvalue weighted by Crippen LogP contribution is 2.59. The third-order valence-electron chi connectivity index (χ3n) is 4.82. The highest BCUT2D eigenvalue weighted by Gasteiger charge is 2.60. The van der Waals surface area contributed by atoms with Crippen LogP contribution in [-0.4, -0.2) is 18.3 Å². The summed E-state index contributed by atoms with van der Waals surface area (Å²) in [7, 11) is -0.121. The predicted molar refractivity (Wildman–Crippen MR) is 86.3 cm³/mol. The molecule has 2 fully saturated rings. The van der Waals surface area contributed by atoms with Crippen molar-refractivity contribution in [2.24, 2.45) is 0 Å². The van der Waals surface area contributed by atoms with Crippen LogP contribution in [0.15, 0.2) is 22.7 Å². The van der Waals surface area contributed by atoms with Gasteiger partial charge in [0, 0.05) is 15.3 Å². The molecule has 1 aromatic rings. The molecular formula is C15H19BBrClO2. The Morgan fingerprint density at radius 1 is 1.20 bits per heavy atom. The lowest BCUT2D eigenvalue weighted by Crippen LogP contribution is -2.41. The predicted octanol–water partition coefficient (Wildman–Crippen LogP) is 5.05. The quantitative estimate of drug-likeness (QED) is 0.690. The Balaban J connectivity index is 1.74. The monoisotopic (exact) mass is 356 g/mol. The average molecular weight is 357 g/mol. The van der Waals surface area contributed by atoms with E-state index in [9.17, 15) is 0 Å². The van der Waals surface area contributed by atoms with Gasteiger partial charge in [0.05, 0.1) is 11.2 Å². The molecule has 1 aromatic carbocycles. The fraction of sp³-hybridized carbons (Fsp3) is 0.600. The van der Waals surface area contributed by atoms with E-state index in [1.165, 1.54) is 5.56 Å². The number of halogens is 2. The van der Waals surface area contributed by atoms with Crippen molar-refractivity contribution in [3.05, 3.63) is 33.3 Å². The van der Waals surface area contributed by atoms with E-state index in [0.717, 1.165) is 15.9 Å². The van der Waals surface area contributed by atoms with E-state index in [4.69, 9.17) is 20.9 Å². The molecular weight excluding hydrogens is 338 g/mol. The SMILES string of the molecule is CC1(C)OB([C@@H]2C[C@H]2c2ccc(Br)cc2Cl)OC1(C)C. The lowest BCUT2D eigenvalue weighted by molar-refractivity contribution is 0.00578. The smallest absolute Gasteiger partial charge is 0.403 e. The Morgan fingerprint density at radius 3 is 2.35 bits per heavy atom. The third-order valence-corrected chi connectivity index (χ3v) is 5.64. The van der Waals surface area contributed by atoms with Crippen molar-refractivity contribution in [2.45, 2.75) is 57.1 Å². The molecule has 2 aliphatic rings. The summed E-state index contributed by atoms with van der Waals surface area (Å²) in [6.07, 6.45) is 1.08. The first-order valence-corrected chi connectivity index (χ1v) is 8.19. The van der Waals surface area contributed by atoms with E-state index in [2.05, 4.69) is 49.7 Å². The summed E-state index contributed by atoms with van der Waals surface area (Å²) in [5, 5.41) is 0.823. The molecule has 5 heteroatoms. The molecule has 1 saturated carbocycles. The van der Waals surface area contributed by atoms with E-state index in [1.54, 1.807) is 0 Å². The van der Waals surface area contributed by atoms with Gasteiger partial charge in [-0.1, -0.05) is 33.6 Å². The van der Waals surface area contributed by atoms with Crippen LogP contribution in [0.5, 0.6) is 0 Å². The van der Waals surface area contributed by atoms with Crippen molar-refractivity contribution in [1.29, 1.82) is 0 Å². The number of rotatable bonds is 2. The molecule has 0 bridgehead atoms. The summed E-state index contributed by atoms with van der Waals surface area (Å²) >= 11 is 9.78. The van der Waals surface area contributed by atoms with Crippen LogP contribution in [0.25, 0.3) is 0 Å². The van der Waals surface area contributed by atoms with Crippen molar-refractivity contribution in [3.63, 3.8) is 0 Å². The van der Waals surface area contributed by atoms with E-state index in [1.807, 2.05) is 12.1 Å². The number of benzene rings is 1. The fourth-order valence-electron chi connectivity index (χ4n) is 2.74. The zero-order chi connectivity index (χ0) is 14.7. The minimum absolute atomic E-state index is 0.121. The molecule has 1 saturated heterocycles. The van der Waals surface area contributed by atoms with Crippen LogP contribution in [0.3, 0.4) is 0 Å². The van der Waals surface area contributed by atoms with Crippen molar-refractivity contribution < 1.29 is 9.31 Å². The van der Waals surface area contributed by atoms with Crippen LogP contribution in [0.1, 0.15) is 45.6 Å². The van der Waals surface area contributed by atoms with Gasteiger partial charge in [-0.05, 0) is 57.7 Å². The first-order chi connectivity index (χ1) is 9.21. The minimum Gasteiger partial charge on any atom is -0.403 e. The van der Waals surface area contributed by atoms with Gasteiger partial charge in [0.25, 0.3) is 0 Å². The first-order valence-electron chi connectivity index (χ1n) is 7.02. The normalized spacial score (nSPS) is 30.6. The van der Waals surface area contributed by atoms with Gasteiger partial charge in [0.1, 0.15) is 0 Å². The maximum Gasteiger partial charge on any atom is 0.461 e. The van der Waals surface area contributed by atoms with Gasteiger partial charge in [0.2, 0.25) is 0 Å². The highest BCUT2D eigenvalue weighted by atomic mass is 79.9. The molecule has 0 radical (unpaired) electrons. The van der Waals surface area contributed by atoms with Gasteiger partial charge in [0.15, 0.2) is 0 Å². The van der Waals surface area contributed by atoms with Gasteiger partial charge < -0.3 is 9.31 Å². The fourth-order valence-corrected chi connectivity index (χ4v) is 3.55. The van der Waals surface area contributed by atoms with Gasteiger partial charge in [-0.2, -0.15) is 0 Å². The molecule has 1 heterocycles. The molecule has 1 aliphatic carbocycles. The molecule has 108 valence electrons. The van der Waals surface area contributed by atoms with Crippen molar-refractivity contribution in [3.8, 4) is 0 Å². The van der Waals surface area contributed by atoms with Crippen LogP contribution in [0.4, 0.5) is 0 Å². The van der Waals surface area contributed by atoms with Crippen LogP contribution in [-0.2, 0) is 9.31 Å². The Bertz CT molecular complexity index is 531. The van der Waals surface area contributed by atoms with Crippen LogP contribution in [0.2, 0.25) is 10.8 Å². The molecule has 0 unspecified atom stereocenters. The largest absolute Gasteiger partial charge is 0.461 e. The summed E-state index contributed by atoms with van der Waals surface area (Å²) in [5.74, 6) is 0.861. The second-order valence-corrected chi connectivity index (χ2v) is 8.12. The molecule has 0 aromatic heterocycles. The summed E-state index contributed by atoms with van der Waals surface area (Å²) < 4.78 is 13.3. The zero-order valence-electron chi connectivity index (χ0n) is 12.2. The summed E-state index contributed by atoms with van der Waals surface area (Å²) in [5.41, 5.74) is 0.692. The Hall–Kier alpha value is -0.0251. The van der Waals surface area contributed by atoms with E-state index in [-0.39, 0.29) is 18.3 Å². The van der Waals surface area contributed by atoms with Gasteiger partial charge >= 0.3 is 7.12 Å². The Labute approximate surface area is 134 Å². The average Bonchev–Trinajstić information content (AvgIpc) is 3.02. The van der Waals surface area contributed by atoms with E-state index >= 15 is 0 Å². The molecule has 2 atom stereocenters. The Kier molecular flexibility index (Phi) is 3.53. The maximum atomic E-state index is 6.34. The zero-order valence-corrected chi connectivity index (χ0v) is 14.6. The molecule has 0 amide bonds. The third kappa shape index (κ3) is 2.45. The lowest BCUT2D eigenvalue weighted by Gasteiger charge is -2.32. The lowest BCUT2D eigenvalue weighted by atomic mass is 9.79. The molecule has 1 aliphatic heterocycles. The molecule has 2 nitrogen and oxygen atoms in total. The highest BCUT2D eigenvalue weighted by molar-refractivity contribution is 9.10. The van der Waals surface area contributed by atoms with Crippen LogP contribution >= 0.6 is 27.5 Å². The summed E-state index contributed by atoms with van der Waals surface area (Å²) in [4.78, 5) is 0. The standard InChI is InChI=1S/C15H19BBrClO2/c1-14(2)15(3,4)20-16(19-14)12-8-11(12)10-6-5-9(17)7-13(10)18/h5-7,11-12H,8H2,1-4H3/t11-,12+/m0/s1. The second kappa shape index (κ2) is 4.74. The van der Waals surface area contributed by atoms with Crippen molar-refractivity contribution in [2.75, 3.05) is 0 Å². The van der Waals surface area contributed by atoms with Gasteiger partial charge in [-0.25, -0.2) is 0 Å².